The number of aliphatic imine (C=N–C) groups is 1. The van der Waals surface area contributed by atoms with Crippen LogP contribution in [0, 0.1) is 5.82 Å². The predicted octanol–water partition coefficient (Wildman–Crippen LogP) is 4.49. The average Bonchev–Trinajstić information content (AvgIpc) is 2.89. The predicted molar refractivity (Wildman–Crippen MR) is 97.9 cm³/mol. The molecule has 2 aromatic rings. The van der Waals surface area contributed by atoms with Gasteiger partial charge >= 0.3 is 0 Å². The van der Waals surface area contributed by atoms with Crippen LogP contribution >= 0.6 is 27.7 Å². The smallest absolute Gasteiger partial charge is 0.264 e. The fourth-order valence-electron chi connectivity index (χ4n) is 2.07. The maximum atomic E-state index is 12.9. The van der Waals surface area contributed by atoms with Gasteiger partial charge < -0.3 is 10.1 Å². The molecule has 1 aliphatic heterocycles. The number of rotatable bonds is 3. The van der Waals surface area contributed by atoms with E-state index in [4.69, 9.17) is 4.74 Å². The monoisotopic (exact) mass is 406 g/mol. The summed E-state index contributed by atoms with van der Waals surface area (Å²) in [5.41, 5.74) is 1.35. The number of amidine groups is 1. The molecule has 0 atom stereocenters. The summed E-state index contributed by atoms with van der Waals surface area (Å²) in [7, 11) is 1.58. The number of amides is 1. The number of halogens is 2. The quantitative estimate of drug-likeness (QED) is 0.763. The van der Waals surface area contributed by atoms with Crippen LogP contribution in [0.5, 0.6) is 5.75 Å². The molecule has 1 amide bonds. The minimum Gasteiger partial charge on any atom is -0.496 e. The maximum Gasteiger partial charge on any atom is 0.264 e. The Balaban J connectivity index is 1.87. The summed E-state index contributed by atoms with van der Waals surface area (Å²) < 4.78 is 19.1. The Morgan fingerprint density at radius 3 is 2.71 bits per heavy atom. The van der Waals surface area contributed by atoms with Crippen molar-refractivity contribution in [3.8, 4) is 5.75 Å². The Morgan fingerprint density at radius 2 is 2.00 bits per heavy atom. The van der Waals surface area contributed by atoms with Crippen LogP contribution in [-0.2, 0) is 4.79 Å². The van der Waals surface area contributed by atoms with E-state index in [-0.39, 0.29) is 11.7 Å². The standard InChI is InChI=1S/C17H12BrFN2O2S/c1-23-14-7-2-11(18)8-10(14)9-15-16(22)21-17(24-15)20-13-5-3-12(19)4-6-13/h2-9H,1H3,(H,20,21,22)/b15-9+. The SMILES string of the molecule is COc1ccc(Br)cc1/C=C1/SC(=Nc2ccc(F)cc2)NC1=O. The second kappa shape index (κ2) is 7.19. The average molecular weight is 407 g/mol. The first-order valence-electron chi connectivity index (χ1n) is 6.94. The summed E-state index contributed by atoms with van der Waals surface area (Å²) in [5, 5.41) is 3.15. The maximum absolute atomic E-state index is 12.9. The molecule has 24 heavy (non-hydrogen) atoms. The Hall–Kier alpha value is -2.12. The van der Waals surface area contributed by atoms with Crippen LogP contribution in [0.2, 0.25) is 0 Å². The molecule has 0 aliphatic carbocycles. The van der Waals surface area contributed by atoms with Gasteiger partial charge in [-0.15, -0.1) is 0 Å². The molecule has 0 saturated carbocycles. The highest BCUT2D eigenvalue weighted by atomic mass is 79.9. The number of thioether (sulfide) groups is 1. The van der Waals surface area contributed by atoms with E-state index in [1.54, 1.807) is 25.3 Å². The first-order chi connectivity index (χ1) is 11.5. The van der Waals surface area contributed by atoms with Crippen molar-refractivity contribution >= 4 is 50.5 Å². The van der Waals surface area contributed by atoms with Crippen LogP contribution < -0.4 is 10.1 Å². The van der Waals surface area contributed by atoms with E-state index in [9.17, 15) is 9.18 Å². The van der Waals surface area contributed by atoms with Crippen molar-refractivity contribution in [2.24, 2.45) is 4.99 Å². The van der Waals surface area contributed by atoms with E-state index in [1.165, 1.54) is 23.9 Å². The zero-order chi connectivity index (χ0) is 17.1. The van der Waals surface area contributed by atoms with Gasteiger partial charge in [-0.3, -0.25) is 4.79 Å². The van der Waals surface area contributed by atoms with Gasteiger partial charge in [0, 0.05) is 10.0 Å². The number of hydrogen-bond acceptors (Lipinski definition) is 4. The van der Waals surface area contributed by atoms with Gasteiger partial charge in [-0.25, -0.2) is 9.38 Å². The number of carbonyl (C=O) groups is 1. The van der Waals surface area contributed by atoms with Crippen LogP contribution in [0.25, 0.3) is 6.08 Å². The van der Waals surface area contributed by atoms with E-state index >= 15 is 0 Å². The second-order valence-electron chi connectivity index (χ2n) is 4.84. The van der Waals surface area contributed by atoms with Gasteiger partial charge in [-0.1, -0.05) is 15.9 Å². The van der Waals surface area contributed by atoms with Crippen LogP contribution in [0.15, 0.2) is 56.8 Å². The van der Waals surface area contributed by atoms with Crippen molar-refractivity contribution in [1.29, 1.82) is 0 Å². The summed E-state index contributed by atoms with van der Waals surface area (Å²) in [4.78, 5) is 16.9. The summed E-state index contributed by atoms with van der Waals surface area (Å²) in [6.45, 7) is 0. The number of methoxy groups -OCH3 is 1. The number of carbonyl (C=O) groups excluding carboxylic acids is 1. The Morgan fingerprint density at radius 1 is 1.25 bits per heavy atom. The van der Waals surface area contributed by atoms with Crippen molar-refractivity contribution in [2.45, 2.75) is 0 Å². The van der Waals surface area contributed by atoms with E-state index in [2.05, 4.69) is 26.2 Å². The molecule has 1 N–H and O–H groups in total. The molecule has 7 heteroatoms. The molecule has 2 aromatic carbocycles. The first-order valence-corrected chi connectivity index (χ1v) is 8.55. The van der Waals surface area contributed by atoms with E-state index < -0.39 is 0 Å². The molecule has 4 nitrogen and oxygen atoms in total. The third kappa shape index (κ3) is 3.85. The van der Waals surface area contributed by atoms with Crippen LogP contribution in [-0.4, -0.2) is 18.2 Å². The zero-order valence-corrected chi connectivity index (χ0v) is 14.9. The van der Waals surface area contributed by atoms with Crippen molar-refractivity contribution < 1.29 is 13.9 Å². The Bertz CT molecular complexity index is 850. The molecule has 0 unspecified atom stereocenters. The number of hydrogen-bond donors (Lipinski definition) is 1. The molecule has 122 valence electrons. The Labute approximate surface area is 150 Å². The summed E-state index contributed by atoms with van der Waals surface area (Å²) in [6, 6.07) is 11.3. The summed E-state index contributed by atoms with van der Waals surface area (Å²) >= 11 is 4.63. The van der Waals surface area contributed by atoms with Crippen LogP contribution in [0.3, 0.4) is 0 Å². The molecule has 1 saturated heterocycles. The van der Waals surface area contributed by atoms with E-state index in [0.717, 1.165) is 10.0 Å². The number of benzene rings is 2. The summed E-state index contributed by atoms with van der Waals surface area (Å²) in [5.74, 6) is 0.107. The molecular weight excluding hydrogens is 395 g/mol. The zero-order valence-electron chi connectivity index (χ0n) is 12.5. The first kappa shape index (κ1) is 16.7. The summed E-state index contributed by atoms with van der Waals surface area (Å²) in [6.07, 6.45) is 1.75. The minimum atomic E-state index is -0.329. The van der Waals surface area contributed by atoms with Gasteiger partial charge in [0.05, 0.1) is 17.7 Å². The third-order valence-corrected chi connectivity index (χ3v) is 4.59. The molecule has 0 spiro atoms. The van der Waals surface area contributed by atoms with Crippen molar-refractivity contribution in [3.05, 3.63) is 63.2 Å². The van der Waals surface area contributed by atoms with Crippen molar-refractivity contribution in [2.75, 3.05) is 7.11 Å². The second-order valence-corrected chi connectivity index (χ2v) is 6.79. The lowest BCUT2D eigenvalue weighted by atomic mass is 10.2. The molecule has 1 fully saturated rings. The molecular formula is C17H12BrFN2O2S. The van der Waals surface area contributed by atoms with Gasteiger partial charge in [-0.05, 0) is 60.3 Å². The lowest BCUT2D eigenvalue weighted by Crippen LogP contribution is -2.19. The fraction of sp³-hybridized carbons (Fsp3) is 0.0588. The lowest BCUT2D eigenvalue weighted by molar-refractivity contribution is -0.115. The third-order valence-electron chi connectivity index (χ3n) is 3.19. The molecule has 1 heterocycles. The highest BCUT2D eigenvalue weighted by Gasteiger charge is 2.24. The largest absolute Gasteiger partial charge is 0.496 e. The normalized spacial score (nSPS) is 17.4. The van der Waals surface area contributed by atoms with Gasteiger partial charge in [0.25, 0.3) is 5.91 Å². The molecule has 1 aliphatic rings. The lowest BCUT2D eigenvalue weighted by Gasteiger charge is -2.05. The van der Waals surface area contributed by atoms with E-state index in [0.29, 0.717) is 21.5 Å². The van der Waals surface area contributed by atoms with Crippen LogP contribution in [0.4, 0.5) is 10.1 Å². The number of nitrogens with zero attached hydrogens (tertiary/aromatic N) is 1. The van der Waals surface area contributed by atoms with Gasteiger partial charge in [0.2, 0.25) is 0 Å². The molecule has 0 aromatic heterocycles. The molecule has 0 bridgehead atoms. The van der Waals surface area contributed by atoms with Crippen LogP contribution in [0.1, 0.15) is 5.56 Å². The highest BCUT2D eigenvalue weighted by molar-refractivity contribution is 9.10. The number of ether oxygens (including phenoxy) is 1. The fourth-order valence-corrected chi connectivity index (χ4v) is 3.28. The van der Waals surface area contributed by atoms with Gasteiger partial charge in [0.15, 0.2) is 5.17 Å². The van der Waals surface area contributed by atoms with Gasteiger partial charge in [-0.2, -0.15) is 0 Å². The molecule has 3 rings (SSSR count). The minimum absolute atomic E-state index is 0.233. The highest BCUT2D eigenvalue weighted by Crippen LogP contribution is 2.31. The Kier molecular flexibility index (Phi) is 5.01. The van der Waals surface area contributed by atoms with E-state index in [1.807, 2.05) is 18.2 Å². The van der Waals surface area contributed by atoms with Crippen molar-refractivity contribution in [3.63, 3.8) is 0 Å². The topological polar surface area (TPSA) is 50.7 Å². The number of nitrogens with one attached hydrogen (secondary N) is 1. The van der Waals surface area contributed by atoms with Crippen molar-refractivity contribution in [1.82, 2.24) is 5.32 Å². The van der Waals surface area contributed by atoms with Gasteiger partial charge in [0.1, 0.15) is 11.6 Å². The molecule has 0 radical (unpaired) electrons.